The van der Waals surface area contributed by atoms with Gasteiger partial charge in [0.1, 0.15) is 11.6 Å². The summed E-state index contributed by atoms with van der Waals surface area (Å²) < 4.78 is 18.4. The maximum Gasteiger partial charge on any atom is 0.230 e. The van der Waals surface area contributed by atoms with Crippen LogP contribution in [0, 0.1) is 17.7 Å². The molecule has 1 fully saturated rings. The minimum Gasteiger partial charge on any atom is -0.496 e. The lowest BCUT2D eigenvalue weighted by atomic mass is 9.90. The molecule has 0 bridgehead atoms. The van der Waals surface area contributed by atoms with Crippen molar-refractivity contribution in [2.75, 3.05) is 7.11 Å². The number of aliphatic hydroxyl groups is 1. The number of amides is 1. The van der Waals surface area contributed by atoms with Gasteiger partial charge in [0.15, 0.2) is 0 Å². The summed E-state index contributed by atoms with van der Waals surface area (Å²) in [6, 6.07) is 5.57. The summed E-state index contributed by atoms with van der Waals surface area (Å²) in [5, 5.41) is 13.8. The van der Waals surface area contributed by atoms with Gasteiger partial charge >= 0.3 is 0 Å². The average molecular weight is 389 g/mol. The van der Waals surface area contributed by atoms with E-state index in [0.29, 0.717) is 27.6 Å². The zero-order valence-corrected chi connectivity index (χ0v) is 15.5. The normalized spacial score (nSPS) is 21.4. The van der Waals surface area contributed by atoms with Crippen molar-refractivity contribution in [3.8, 4) is 17.6 Å². The second kappa shape index (κ2) is 7.95. The van der Waals surface area contributed by atoms with Crippen LogP contribution in [-0.2, 0) is 11.2 Å². The zero-order chi connectivity index (χ0) is 19.6. The molecule has 140 valence electrons. The summed E-state index contributed by atoms with van der Waals surface area (Å²) in [5.41, 5.74) is 1.64. The number of aromatic nitrogens is 1. The van der Waals surface area contributed by atoms with E-state index in [0.717, 1.165) is 6.20 Å². The van der Waals surface area contributed by atoms with Gasteiger partial charge in [0.05, 0.1) is 31.4 Å². The third kappa shape index (κ3) is 3.90. The lowest BCUT2D eigenvalue weighted by Gasteiger charge is -2.20. The van der Waals surface area contributed by atoms with Gasteiger partial charge in [-0.2, -0.15) is 0 Å². The Morgan fingerprint density at radius 3 is 2.81 bits per heavy atom. The van der Waals surface area contributed by atoms with E-state index in [1.807, 2.05) is 0 Å². The van der Waals surface area contributed by atoms with Gasteiger partial charge in [-0.25, -0.2) is 4.39 Å². The highest BCUT2D eigenvalue weighted by Gasteiger charge is 2.44. The smallest absolute Gasteiger partial charge is 0.230 e. The first-order valence-electron chi connectivity index (χ1n) is 8.33. The molecule has 0 radical (unpaired) electrons. The van der Waals surface area contributed by atoms with Gasteiger partial charge in [-0.15, -0.1) is 5.92 Å². The van der Waals surface area contributed by atoms with Crippen molar-refractivity contribution < 1.29 is 19.0 Å². The van der Waals surface area contributed by atoms with E-state index in [2.05, 4.69) is 22.1 Å². The second-order valence-corrected chi connectivity index (χ2v) is 6.61. The summed E-state index contributed by atoms with van der Waals surface area (Å²) in [7, 11) is 1.47. The van der Waals surface area contributed by atoms with Crippen LogP contribution >= 0.6 is 11.6 Å². The monoisotopic (exact) mass is 388 g/mol. The number of ether oxygens (including phenoxy) is 1. The van der Waals surface area contributed by atoms with Gasteiger partial charge in [-0.3, -0.25) is 9.78 Å². The first kappa shape index (κ1) is 19.2. The standard InChI is InChI=1S/C20H18ClFN2O3/c1-3-4-11-7-14(21)17(16(8-11)27-2)18-19(25)15(24-20(18)26)9-13-6-5-12(22)10-23-13/h5-8,10,15,18-19,25H,9H2,1-2H3,(H,24,26). The maximum absolute atomic E-state index is 13.0. The van der Waals surface area contributed by atoms with Gasteiger partial charge in [0.2, 0.25) is 5.91 Å². The first-order chi connectivity index (χ1) is 12.9. The van der Waals surface area contributed by atoms with Crippen molar-refractivity contribution in [2.24, 2.45) is 0 Å². The Morgan fingerprint density at radius 2 is 2.19 bits per heavy atom. The van der Waals surface area contributed by atoms with Gasteiger partial charge in [0, 0.05) is 28.3 Å². The van der Waals surface area contributed by atoms with Crippen LogP contribution in [0.5, 0.6) is 5.75 Å². The Labute approximate surface area is 161 Å². The van der Waals surface area contributed by atoms with Crippen LogP contribution in [-0.4, -0.2) is 35.3 Å². The van der Waals surface area contributed by atoms with Gasteiger partial charge in [-0.05, 0) is 31.2 Å². The quantitative estimate of drug-likeness (QED) is 0.789. The molecule has 1 amide bonds. The van der Waals surface area contributed by atoms with Crippen molar-refractivity contribution in [1.82, 2.24) is 10.3 Å². The predicted octanol–water partition coefficient (Wildman–Crippen LogP) is 2.44. The minimum atomic E-state index is -1.04. The van der Waals surface area contributed by atoms with Crippen molar-refractivity contribution in [3.05, 3.63) is 58.1 Å². The summed E-state index contributed by atoms with van der Waals surface area (Å²) >= 11 is 6.39. The van der Waals surface area contributed by atoms with Crippen LogP contribution < -0.4 is 10.1 Å². The fourth-order valence-electron chi connectivity index (χ4n) is 3.25. The van der Waals surface area contributed by atoms with Crippen LogP contribution in [0.15, 0.2) is 30.5 Å². The van der Waals surface area contributed by atoms with Crippen LogP contribution in [0.4, 0.5) is 4.39 Å². The molecule has 3 atom stereocenters. The Hall–Kier alpha value is -2.62. The number of nitrogens with one attached hydrogen (secondary N) is 1. The van der Waals surface area contributed by atoms with Crippen molar-refractivity contribution in [1.29, 1.82) is 0 Å². The van der Waals surface area contributed by atoms with Crippen LogP contribution in [0.25, 0.3) is 0 Å². The molecule has 5 nitrogen and oxygen atoms in total. The number of carbonyl (C=O) groups excluding carboxylic acids is 1. The minimum absolute atomic E-state index is 0.267. The van der Waals surface area contributed by atoms with Gasteiger partial charge in [0.25, 0.3) is 0 Å². The van der Waals surface area contributed by atoms with E-state index in [9.17, 15) is 14.3 Å². The Kier molecular flexibility index (Phi) is 5.64. The molecule has 7 heteroatoms. The molecule has 27 heavy (non-hydrogen) atoms. The number of carbonyl (C=O) groups is 1. The van der Waals surface area contributed by atoms with E-state index in [-0.39, 0.29) is 12.3 Å². The molecule has 0 aliphatic carbocycles. The topological polar surface area (TPSA) is 71.5 Å². The highest BCUT2D eigenvalue weighted by molar-refractivity contribution is 6.32. The van der Waals surface area contributed by atoms with Crippen LogP contribution in [0.3, 0.4) is 0 Å². The molecule has 2 heterocycles. The molecule has 0 spiro atoms. The van der Waals surface area contributed by atoms with Crippen molar-refractivity contribution in [2.45, 2.75) is 31.4 Å². The third-order valence-electron chi connectivity index (χ3n) is 4.47. The molecule has 3 rings (SSSR count). The fraction of sp³-hybridized carbons (Fsp3) is 0.300. The van der Waals surface area contributed by atoms with Crippen molar-refractivity contribution >= 4 is 17.5 Å². The van der Waals surface area contributed by atoms with Crippen LogP contribution in [0.2, 0.25) is 5.02 Å². The summed E-state index contributed by atoms with van der Waals surface area (Å²) in [4.78, 5) is 16.6. The molecule has 0 saturated carbocycles. The molecule has 1 aliphatic rings. The van der Waals surface area contributed by atoms with Crippen molar-refractivity contribution in [3.63, 3.8) is 0 Å². The molecule has 2 aromatic rings. The van der Waals surface area contributed by atoms with E-state index in [1.165, 1.54) is 19.2 Å². The number of methoxy groups -OCH3 is 1. The Balaban J connectivity index is 1.91. The number of aliphatic hydroxyl groups excluding tert-OH is 1. The molecule has 2 N–H and O–H groups in total. The number of nitrogens with zero attached hydrogens (tertiary/aromatic N) is 1. The largest absolute Gasteiger partial charge is 0.496 e. The predicted molar refractivity (Wildman–Crippen MR) is 99.1 cm³/mol. The summed E-state index contributed by atoms with van der Waals surface area (Å²) in [5.74, 6) is 4.37. The highest BCUT2D eigenvalue weighted by atomic mass is 35.5. The number of hydrogen-bond acceptors (Lipinski definition) is 4. The van der Waals surface area contributed by atoms with Crippen LogP contribution in [0.1, 0.15) is 29.7 Å². The first-order valence-corrected chi connectivity index (χ1v) is 8.71. The third-order valence-corrected chi connectivity index (χ3v) is 4.79. The molecule has 3 unspecified atom stereocenters. The second-order valence-electron chi connectivity index (χ2n) is 6.20. The lowest BCUT2D eigenvalue weighted by Crippen LogP contribution is -2.34. The average Bonchev–Trinajstić information content (AvgIpc) is 2.90. The maximum atomic E-state index is 13.0. The van der Waals surface area contributed by atoms with Gasteiger partial charge < -0.3 is 15.2 Å². The number of pyridine rings is 1. The lowest BCUT2D eigenvalue weighted by molar-refractivity contribution is -0.121. The fourth-order valence-corrected chi connectivity index (χ4v) is 3.58. The number of hydrogen-bond donors (Lipinski definition) is 2. The molecular weight excluding hydrogens is 371 g/mol. The Bertz CT molecular complexity index is 921. The van der Waals surface area contributed by atoms with E-state index in [1.54, 1.807) is 19.1 Å². The number of benzene rings is 1. The zero-order valence-electron chi connectivity index (χ0n) is 14.8. The van der Waals surface area contributed by atoms with E-state index < -0.39 is 23.9 Å². The molecular formula is C20H18ClFN2O3. The highest BCUT2D eigenvalue weighted by Crippen LogP contribution is 2.40. The molecule has 1 aromatic carbocycles. The number of rotatable bonds is 4. The molecule has 1 aliphatic heterocycles. The van der Waals surface area contributed by atoms with E-state index >= 15 is 0 Å². The summed E-state index contributed by atoms with van der Waals surface area (Å²) in [6.45, 7) is 1.70. The summed E-state index contributed by atoms with van der Waals surface area (Å²) in [6.07, 6.45) is 0.325. The molecule has 1 saturated heterocycles. The molecule has 1 aromatic heterocycles. The van der Waals surface area contributed by atoms with E-state index in [4.69, 9.17) is 16.3 Å². The number of halogens is 2. The SMILES string of the molecule is CC#Cc1cc(Cl)c(C2C(=O)NC(Cc3ccc(F)cn3)C2O)c(OC)c1. The van der Waals surface area contributed by atoms with Gasteiger partial charge in [-0.1, -0.05) is 17.5 Å². The Morgan fingerprint density at radius 1 is 1.41 bits per heavy atom.